The molecule has 1 aromatic carbocycles. The van der Waals surface area contributed by atoms with Crippen molar-refractivity contribution in [3.8, 4) is 5.75 Å². The fraction of sp³-hybridized carbons (Fsp3) is 0.267. The monoisotopic (exact) mass is 337 g/mol. The van der Waals surface area contributed by atoms with E-state index >= 15 is 0 Å². The summed E-state index contributed by atoms with van der Waals surface area (Å²) in [5, 5.41) is 9.25. The van der Waals surface area contributed by atoms with Gasteiger partial charge in [0.1, 0.15) is 16.6 Å². The summed E-state index contributed by atoms with van der Waals surface area (Å²) in [7, 11) is 0. The van der Waals surface area contributed by atoms with Crippen LogP contribution in [0, 0.1) is 0 Å². The molecule has 1 aromatic rings. The lowest BCUT2D eigenvalue weighted by Crippen LogP contribution is -2.34. The van der Waals surface area contributed by atoms with E-state index in [2.05, 4.69) is 0 Å². The summed E-state index contributed by atoms with van der Waals surface area (Å²) in [6.07, 6.45) is 2.40. The van der Waals surface area contributed by atoms with Gasteiger partial charge in [-0.15, -0.1) is 0 Å². The van der Waals surface area contributed by atoms with Crippen LogP contribution in [0.25, 0.3) is 6.08 Å². The summed E-state index contributed by atoms with van der Waals surface area (Å²) < 4.78 is 5.30. The number of thioether (sulfide) groups is 1. The Kier molecular flexibility index (Phi) is 5.57. The van der Waals surface area contributed by atoms with Gasteiger partial charge in [-0.25, -0.2) is 0 Å². The second-order valence-electron chi connectivity index (χ2n) is 4.58. The van der Waals surface area contributed by atoms with Crippen molar-refractivity contribution in [1.29, 1.82) is 0 Å². The van der Waals surface area contributed by atoms with Crippen LogP contribution in [0.3, 0.4) is 0 Å². The van der Waals surface area contributed by atoms with E-state index in [1.165, 1.54) is 17.0 Å². The SMILES string of the molecule is CCCOC(=O)CN1C(=O)C(=Cc2ccc(O)cc2)SC1=S. The topological polar surface area (TPSA) is 66.8 Å². The minimum Gasteiger partial charge on any atom is -0.508 e. The third-order valence-corrected chi connectivity index (χ3v) is 4.20. The van der Waals surface area contributed by atoms with Crippen molar-refractivity contribution >= 4 is 46.3 Å². The van der Waals surface area contributed by atoms with E-state index in [1.807, 2.05) is 6.92 Å². The molecule has 5 nitrogen and oxygen atoms in total. The molecule has 0 bridgehead atoms. The summed E-state index contributed by atoms with van der Waals surface area (Å²) in [5.41, 5.74) is 0.770. The molecule has 2 rings (SSSR count). The Morgan fingerprint density at radius 3 is 2.73 bits per heavy atom. The van der Waals surface area contributed by atoms with E-state index in [0.717, 1.165) is 23.7 Å². The number of ether oxygens (including phenoxy) is 1. The van der Waals surface area contributed by atoms with Gasteiger partial charge >= 0.3 is 5.97 Å². The van der Waals surface area contributed by atoms with Crippen molar-refractivity contribution in [2.24, 2.45) is 0 Å². The van der Waals surface area contributed by atoms with Crippen LogP contribution >= 0.6 is 24.0 Å². The zero-order valence-corrected chi connectivity index (χ0v) is 13.6. The Morgan fingerprint density at radius 2 is 2.09 bits per heavy atom. The Morgan fingerprint density at radius 1 is 1.41 bits per heavy atom. The number of rotatable bonds is 5. The number of phenolic OH excluding ortho intramolecular Hbond substituents is 1. The average molecular weight is 337 g/mol. The molecule has 7 heteroatoms. The molecule has 22 heavy (non-hydrogen) atoms. The first-order valence-electron chi connectivity index (χ1n) is 6.71. The van der Waals surface area contributed by atoms with Crippen molar-refractivity contribution in [2.75, 3.05) is 13.2 Å². The number of esters is 1. The molecule has 1 amide bonds. The number of hydrogen-bond donors (Lipinski definition) is 1. The lowest BCUT2D eigenvalue weighted by Gasteiger charge is -2.13. The fourth-order valence-electron chi connectivity index (χ4n) is 1.75. The zero-order chi connectivity index (χ0) is 16.1. The highest BCUT2D eigenvalue weighted by Gasteiger charge is 2.33. The number of carbonyl (C=O) groups excluding carboxylic acids is 2. The van der Waals surface area contributed by atoms with Crippen molar-refractivity contribution in [3.05, 3.63) is 34.7 Å². The highest BCUT2D eigenvalue weighted by atomic mass is 32.2. The molecule has 0 radical (unpaired) electrons. The number of amides is 1. The van der Waals surface area contributed by atoms with E-state index in [9.17, 15) is 14.7 Å². The second-order valence-corrected chi connectivity index (χ2v) is 6.26. The maximum Gasteiger partial charge on any atom is 0.326 e. The second kappa shape index (κ2) is 7.42. The Hall–Kier alpha value is -1.86. The lowest BCUT2D eigenvalue weighted by atomic mass is 10.2. The van der Waals surface area contributed by atoms with Crippen LogP contribution in [0.1, 0.15) is 18.9 Å². The normalized spacial score (nSPS) is 16.4. The summed E-state index contributed by atoms with van der Waals surface area (Å²) in [4.78, 5) is 25.6. The minimum atomic E-state index is -0.468. The van der Waals surface area contributed by atoms with Crippen LogP contribution in [0.5, 0.6) is 5.75 Å². The standard InChI is InChI=1S/C15H15NO4S2/c1-2-7-20-13(18)9-16-14(19)12(22-15(16)21)8-10-3-5-11(17)6-4-10/h3-6,8,17H,2,7,9H2,1H3. The van der Waals surface area contributed by atoms with Crippen molar-refractivity contribution in [3.63, 3.8) is 0 Å². The van der Waals surface area contributed by atoms with Gasteiger partial charge in [0.05, 0.1) is 11.5 Å². The van der Waals surface area contributed by atoms with Crippen molar-refractivity contribution < 1.29 is 19.4 Å². The van der Waals surface area contributed by atoms with Gasteiger partial charge in [-0.3, -0.25) is 14.5 Å². The molecule has 1 aliphatic rings. The minimum absolute atomic E-state index is 0.156. The zero-order valence-electron chi connectivity index (χ0n) is 11.9. The molecule has 0 unspecified atom stereocenters. The molecule has 0 spiro atoms. The molecule has 1 fully saturated rings. The molecule has 1 saturated heterocycles. The van der Waals surface area contributed by atoms with Gasteiger partial charge in [-0.05, 0) is 30.2 Å². The molecule has 1 aliphatic heterocycles. The van der Waals surface area contributed by atoms with Gasteiger partial charge in [-0.2, -0.15) is 0 Å². The lowest BCUT2D eigenvalue weighted by molar-refractivity contribution is -0.146. The molecule has 0 atom stereocenters. The third-order valence-electron chi connectivity index (χ3n) is 2.82. The first-order valence-corrected chi connectivity index (χ1v) is 7.93. The van der Waals surface area contributed by atoms with Crippen molar-refractivity contribution in [2.45, 2.75) is 13.3 Å². The van der Waals surface area contributed by atoms with Gasteiger partial charge in [0.25, 0.3) is 5.91 Å². The van der Waals surface area contributed by atoms with Crippen LogP contribution in [0.15, 0.2) is 29.2 Å². The quantitative estimate of drug-likeness (QED) is 0.506. The Bertz CT molecular complexity index is 625. The summed E-state index contributed by atoms with van der Waals surface area (Å²) in [6, 6.07) is 6.46. The van der Waals surface area contributed by atoms with E-state index in [4.69, 9.17) is 17.0 Å². The summed E-state index contributed by atoms with van der Waals surface area (Å²) in [6.45, 7) is 2.06. The van der Waals surface area contributed by atoms with E-state index in [0.29, 0.717) is 15.8 Å². The third kappa shape index (κ3) is 4.08. The van der Waals surface area contributed by atoms with Crippen LogP contribution in [0.2, 0.25) is 0 Å². The van der Waals surface area contributed by atoms with Crippen LogP contribution < -0.4 is 0 Å². The molecule has 1 N–H and O–H groups in total. The first kappa shape index (κ1) is 16.5. The van der Waals surface area contributed by atoms with Gasteiger partial charge < -0.3 is 9.84 Å². The number of aromatic hydroxyl groups is 1. The molecule has 0 saturated carbocycles. The number of thiocarbonyl (C=S) groups is 1. The Balaban J connectivity index is 2.08. The van der Waals surface area contributed by atoms with Gasteiger partial charge in [-0.1, -0.05) is 43.0 Å². The molecule has 0 aliphatic carbocycles. The first-order chi connectivity index (χ1) is 10.5. The number of carbonyl (C=O) groups is 2. The molecular weight excluding hydrogens is 322 g/mol. The summed E-state index contributed by atoms with van der Waals surface area (Å²) >= 11 is 6.29. The van der Waals surface area contributed by atoms with Crippen molar-refractivity contribution in [1.82, 2.24) is 4.90 Å². The fourth-order valence-corrected chi connectivity index (χ4v) is 3.00. The number of phenols is 1. The molecule has 1 heterocycles. The highest BCUT2D eigenvalue weighted by Crippen LogP contribution is 2.32. The molecule has 116 valence electrons. The highest BCUT2D eigenvalue weighted by molar-refractivity contribution is 8.26. The predicted octanol–water partition coefficient (Wildman–Crippen LogP) is 2.55. The van der Waals surface area contributed by atoms with E-state index < -0.39 is 5.97 Å². The van der Waals surface area contributed by atoms with Gasteiger partial charge in [0, 0.05) is 0 Å². The smallest absolute Gasteiger partial charge is 0.326 e. The number of hydrogen-bond acceptors (Lipinski definition) is 6. The largest absolute Gasteiger partial charge is 0.508 e. The number of nitrogens with zero attached hydrogens (tertiary/aromatic N) is 1. The average Bonchev–Trinajstić information content (AvgIpc) is 2.75. The van der Waals surface area contributed by atoms with Crippen LogP contribution in [0.4, 0.5) is 0 Å². The maximum absolute atomic E-state index is 12.3. The van der Waals surface area contributed by atoms with E-state index in [-0.39, 0.29) is 18.2 Å². The molecule has 0 aromatic heterocycles. The van der Waals surface area contributed by atoms with Gasteiger partial charge in [0.2, 0.25) is 0 Å². The van der Waals surface area contributed by atoms with Gasteiger partial charge in [0.15, 0.2) is 0 Å². The summed E-state index contributed by atoms with van der Waals surface area (Å²) in [5.74, 6) is -0.621. The van der Waals surface area contributed by atoms with Crippen LogP contribution in [-0.2, 0) is 14.3 Å². The molecular formula is C15H15NO4S2. The predicted molar refractivity (Wildman–Crippen MR) is 89.2 cm³/mol. The maximum atomic E-state index is 12.3. The number of benzene rings is 1. The van der Waals surface area contributed by atoms with Crippen LogP contribution in [-0.4, -0.2) is 39.4 Å². The van der Waals surface area contributed by atoms with E-state index in [1.54, 1.807) is 18.2 Å². The Labute approximate surface area is 137 Å².